The number of hydrogen-bond donors (Lipinski definition) is 1. The molecule has 276 valence electrons. The van der Waals surface area contributed by atoms with Crippen LogP contribution in [0.25, 0.3) is 34.2 Å². The van der Waals surface area contributed by atoms with Crippen molar-refractivity contribution in [3.05, 3.63) is 66.7 Å². The van der Waals surface area contributed by atoms with E-state index in [1.807, 2.05) is 60.7 Å². The second-order valence-corrected chi connectivity index (χ2v) is 14.0. The Hall–Kier alpha value is -4.13. The van der Waals surface area contributed by atoms with Crippen LogP contribution in [-0.2, 0) is 0 Å². The summed E-state index contributed by atoms with van der Waals surface area (Å²) in [6, 6.07) is 21.2. The molecule has 0 spiro atoms. The van der Waals surface area contributed by atoms with E-state index in [1.54, 1.807) is 6.07 Å². The van der Waals surface area contributed by atoms with Gasteiger partial charge in [0.05, 0.1) is 25.4 Å². The van der Waals surface area contributed by atoms with Gasteiger partial charge in [-0.2, -0.15) is 0 Å². The van der Waals surface area contributed by atoms with Crippen LogP contribution in [0.1, 0.15) is 112 Å². The summed E-state index contributed by atoms with van der Waals surface area (Å²) in [4.78, 5) is 14.6. The van der Waals surface area contributed by atoms with Crippen LogP contribution in [0.15, 0.2) is 66.7 Å². The molecule has 1 aromatic heterocycles. The van der Waals surface area contributed by atoms with Crippen molar-refractivity contribution in [2.75, 3.05) is 19.8 Å². The molecule has 0 amide bonds. The van der Waals surface area contributed by atoms with E-state index in [1.165, 1.54) is 44.9 Å². The first-order valence-corrected chi connectivity index (χ1v) is 19.6. The number of aromatic nitrogens is 3. The van der Waals surface area contributed by atoms with Gasteiger partial charge in [0.25, 0.3) is 0 Å². The van der Waals surface area contributed by atoms with Gasteiger partial charge in [-0.1, -0.05) is 92.9 Å². The van der Waals surface area contributed by atoms with Gasteiger partial charge in [0.1, 0.15) is 23.0 Å². The monoisotopic (exact) mass is 695 g/mol. The lowest BCUT2D eigenvalue weighted by molar-refractivity contribution is 0.232. The van der Waals surface area contributed by atoms with Gasteiger partial charge in [-0.05, 0) is 97.7 Å². The van der Waals surface area contributed by atoms with E-state index in [4.69, 9.17) is 29.2 Å². The average Bonchev–Trinajstić information content (AvgIpc) is 3.16. The molecular formula is C44H61N3O4. The Labute approximate surface area is 307 Å². The standard InChI is InChI=1S/C44H61N3O4/c1-7-12-15-32(6)29-49-37-22-18-35(19-23-37)42-45-43(36-20-24-38(25-21-36)50-30-33(10-4)16-13-8-2)47-44(46-42)40-27-26-39(28-41(40)48)51-31-34(11-5)17-14-9-3/h18-28,32-34,48H,7-17,29-31H2,1-6H3. The van der Waals surface area contributed by atoms with Crippen LogP contribution in [0.4, 0.5) is 0 Å². The van der Waals surface area contributed by atoms with Crippen molar-refractivity contribution in [2.45, 2.75) is 112 Å². The molecule has 0 saturated carbocycles. The minimum absolute atomic E-state index is 0.0652. The maximum atomic E-state index is 11.2. The van der Waals surface area contributed by atoms with Gasteiger partial charge >= 0.3 is 0 Å². The third kappa shape index (κ3) is 12.6. The third-order valence-electron chi connectivity index (χ3n) is 9.71. The van der Waals surface area contributed by atoms with E-state index in [2.05, 4.69) is 41.5 Å². The predicted molar refractivity (Wildman–Crippen MR) is 210 cm³/mol. The van der Waals surface area contributed by atoms with Gasteiger partial charge in [-0.15, -0.1) is 0 Å². The Morgan fingerprint density at radius 2 is 0.961 bits per heavy atom. The van der Waals surface area contributed by atoms with Crippen LogP contribution in [0.3, 0.4) is 0 Å². The van der Waals surface area contributed by atoms with Crippen LogP contribution < -0.4 is 14.2 Å². The highest BCUT2D eigenvalue weighted by atomic mass is 16.5. The highest BCUT2D eigenvalue weighted by Crippen LogP contribution is 2.34. The highest BCUT2D eigenvalue weighted by molar-refractivity contribution is 5.70. The van der Waals surface area contributed by atoms with Gasteiger partial charge in [-0.25, -0.2) is 15.0 Å². The van der Waals surface area contributed by atoms with Crippen molar-refractivity contribution in [1.29, 1.82) is 0 Å². The minimum atomic E-state index is 0.0652. The van der Waals surface area contributed by atoms with Crippen molar-refractivity contribution in [3.8, 4) is 57.2 Å². The summed E-state index contributed by atoms with van der Waals surface area (Å²) < 4.78 is 18.4. The SMILES string of the molecule is CCCCC(C)COc1ccc(-c2nc(-c3ccc(OCC(CC)CCCC)cc3)nc(-c3ccc(OCC(CC)CCCC)cc3O)n2)cc1. The summed E-state index contributed by atoms with van der Waals surface area (Å²) in [5.41, 5.74) is 2.19. The number of nitrogens with zero attached hydrogens (tertiary/aromatic N) is 3. The van der Waals surface area contributed by atoms with Gasteiger partial charge in [0.2, 0.25) is 0 Å². The topological polar surface area (TPSA) is 86.6 Å². The first-order valence-electron chi connectivity index (χ1n) is 19.6. The van der Waals surface area contributed by atoms with Gasteiger partial charge in [0, 0.05) is 17.2 Å². The molecular weight excluding hydrogens is 635 g/mol. The van der Waals surface area contributed by atoms with Crippen molar-refractivity contribution in [2.24, 2.45) is 17.8 Å². The zero-order valence-corrected chi connectivity index (χ0v) is 32.0. The first kappa shape index (κ1) is 39.7. The fourth-order valence-corrected chi connectivity index (χ4v) is 6.04. The lowest BCUT2D eigenvalue weighted by atomic mass is 10.0. The summed E-state index contributed by atoms with van der Waals surface area (Å²) in [5.74, 6) is 5.32. The molecule has 51 heavy (non-hydrogen) atoms. The molecule has 4 rings (SSSR count). The molecule has 3 unspecified atom stereocenters. The quantitative estimate of drug-likeness (QED) is 0.0826. The highest BCUT2D eigenvalue weighted by Gasteiger charge is 2.17. The minimum Gasteiger partial charge on any atom is -0.507 e. The summed E-state index contributed by atoms with van der Waals surface area (Å²) in [6.45, 7) is 15.4. The fourth-order valence-electron chi connectivity index (χ4n) is 6.04. The smallest absolute Gasteiger partial charge is 0.167 e. The van der Waals surface area contributed by atoms with Gasteiger partial charge in [0.15, 0.2) is 17.5 Å². The number of aromatic hydroxyl groups is 1. The largest absolute Gasteiger partial charge is 0.507 e. The van der Waals surface area contributed by atoms with E-state index in [-0.39, 0.29) is 5.75 Å². The van der Waals surface area contributed by atoms with Crippen LogP contribution in [-0.4, -0.2) is 39.9 Å². The number of benzene rings is 3. The average molecular weight is 696 g/mol. The molecule has 0 aliphatic heterocycles. The van der Waals surface area contributed by atoms with Crippen LogP contribution in [0.5, 0.6) is 23.0 Å². The molecule has 7 heteroatoms. The Morgan fingerprint density at radius 3 is 1.43 bits per heavy atom. The van der Waals surface area contributed by atoms with Gasteiger partial charge < -0.3 is 19.3 Å². The molecule has 0 radical (unpaired) electrons. The van der Waals surface area contributed by atoms with Gasteiger partial charge in [-0.3, -0.25) is 0 Å². The molecule has 1 heterocycles. The lowest BCUT2D eigenvalue weighted by Gasteiger charge is -2.16. The van der Waals surface area contributed by atoms with Crippen molar-refractivity contribution in [1.82, 2.24) is 15.0 Å². The first-order chi connectivity index (χ1) is 24.9. The predicted octanol–water partition coefficient (Wildman–Crippen LogP) is 12.0. The van der Waals surface area contributed by atoms with Crippen LogP contribution in [0.2, 0.25) is 0 Å². The van der Waals surface area contributed by atoms with E-state index in [0.29, 0.717) is 66.4 Å². The normalized spacial score (nSPS) is 13.1. The molecule has 0 aliphatic carbocycles. The van der Waals surface area contributed by atoms with E-state index in [0.717, 1.165) is 48.3 Å². The number of phenolic OH excluding ortho intramolecular Hbond substituents is 1. The summed E-state index contributed by atoms with van der Waals surface area (Å²) in [7, 11) is 0. The Morgan fingerprint density at radius 1 is 0.529 bits per heavy atom. The zero-order chi connectivity index (χ0) is 36.4. The van der Waals surface area contributed by atoms with E-state index in [9.17, 15) is 5.11 Å². The van der Waals surface area contributed by atoms with Crippen molar-refractivity contribution in [3.63, 3.8) is 0 Å². The second kappa shape index (κ2) is 21.3. The van der Waals surface area contributed by atoms with Crippen molar-refractivity contribution < 1.29 is 19.3 Å². The van der Waals surface area contributed by atoms with Crippen molar-refractivity contribution >= 4 is 0 Å². The number of rotatable bonds is 23. The molecule has 0 bridgehead atoms. The lowest BCUT2D eigenvalue weighted by Crippen LogP contribution is -2.11. The number of hydrogen-bond acceptors (Lipinski definition) is 7. The number of ether oxygens (including phenoxy) is 3. The van der Waals surface area contributed by atoms with Crippen LogP contribution in [0, 0.1) is 17.8 Å². The Bertz CT molecular complexity index is 1570. The molecule has 7 nitrogen and oxygen atoms in total. The number of phenols is 1. The molecule has 3 atom stereocenters. The number of unbranched alkanes of at least 4 members (excludes halogenated alkanes) is 3. The fraction of sp³-hybridized carbons (Fsp3) is 0.523. The summed E-state index contributed by atoms with van der Waals surface area (Å²) in [6.07, 6.45) is 12.9. The molecule has 0 aliphatic rings. The van der Waals surface area contributed by atoms with Crippen LogP contribution >= 0.6 is 0 Å². The third-order valence-corrected chi connectivity index (χ3v) is 9.71. The second-order valence-electron chi connectivity index (χ2n) is 14.0. The Balaban J connectivity index is 1.60. The zero-order valence-electron chi connectivity index (χ0n) is 32.0. The molecule has 0 fully saturated rings. The van der Waals surface area contributed by atoms with E-state index >= 15 is 0 Å². The molecule has 0 saturated heterocycles. The maximum absolute atomic E-state index is 11.2. The summed E-state index contributed by atoms with van der Waals surface area (Å²) >= 11 is 0. The molecule has 3 aromatic carbocycles. The summed E-state index contributed by atoms with van der Waals surface area (Å²) in [5, 5.41) is 11.2. The molecule has 1 N–H and O–H groups in total. The van der Waals surface area contributed by atoms with E-state index < -0.39 is 0 Å². The molecule has 4 aromatic rings. The Kier molecular flexibility index (Phi) is 16.5. The maximum Gasteiger partial charge on any atom is 0.167 e.